The summed E-state index contributed by atoms with van der Waals surface area (Å²) in [6.07, 6.45) is 1.67. The van der Waals surface area contributed by atoms with Gasteiger partial charge in [-0.3, -0.25) is 9.48 Å². The second-order valence-corrected chi connectivity index (χ2v) is 4.77. The number of rotatable bonds is 3. The highest BCUT2D eigenvalue weighted by Gasteiger charge is 2.08. The number of carbonyl (C=O) groups excluding carboxylic acids is 1. The highest BCUT2D eigenvalue weighted by molar-refractivity contribution is 9.10. The van der Waals surface area contributed by atoms with Crippen LogP contribution in [0.1, 0.15) is 5.69 Å². The molecule has 1 aromatic carbocycles. The van der Waals surface area contributed by atoms with Gasteiger partial charge in [0.1, 0.15) is 6.54 Å². The number of nitrogens with two attached hydrogens (primary N) is 1. The number of nitrogens with one attached hydrogen (secondary N) is 1. The topological polar surface area (TPSA) is 72.9 Å². The number of nitrogen functional groups attached to an aromatic ring is 1. The lowest BCUT2D eigenvalue weighted by Gasteiger charge is -2.09. The van der Waals surface area contributed by atoms with Gasteiger partial charge in [0.15, 0.2) is 0 Å². The van der Waals surface area contributed by atoms with E-state index in [0.717, 1.165) is 10.2 Å². The van der Waals surface area contributed by atoms with Crippen molar-refractivity contribution < 1.29 is 4.79 Å². The number of hydrogen-bond acceptors (Lipinski definition) is 3. The second-order valence-electron chi connectivity index (χ2n) is 3.92. The summed E-state index contributed by atoms with van der Waals surface area (Å²) in [7, 11) is 0. The number of aromatic nitrogens is 2. The lowest BCUT2D eigenvalue weighted by molar-refractivity contribution is -0.116. The van der Waals surface area contributed by atoms with Crippen molar-refractivity contribution in [2.24, 2.45) is 0 Å². The molecule has 0 aliphatic rings. The van der Waals surface area contributed by atoms with Gasteiger partial charge in [-0.15, -0.1) is 0 Å². The van der Waals surface area contributed by atoms with Crippen molar-refractivity contribution >= 4 is 33.2 Å². The van der Waals surface area contributed by atoms with E-state index in [9.17, 15) is 4.79 Å². The van der Waals surface area contributed by atoms with Crippen molar-refractivity contribution in [2.45, 2.75) is 13.5 Å². The van der Waals surface area contributed by atoms with Crippen LogP contribution < -0.4 is 11.1 Å². The highest BCUT2D eigenvalue weighted by atomic mass is 79.9. The van der Waals surface area contributed by atoms with Crippen LogP contribution >= 0.6 is 15.9 Å². The first-order valence-electron chi connectivity index (χ1n) is 5.39. The van der Waals surface area contributed by atoms with E-state index < -0.39 is 0 Å². The fourth-order valence-corrected chi connectivity index (χ4v) is 2.02. The third-order valence-corrected chi connectivity index (χ3v) is 3.15. The van der Waals surface area contributed by atoms with Gasteiger partial charge >= 0.3 is 0 Å². The van der Waals surface area contributed by atoms with Gasteiger partial charge in [0.2, 0.25) is 5.91 Å². The van der Waals surface area contributed by atoms with Gasteiger partial charge in [-0.1, -0.05) is 0 Å². The largest absolute Gasteiger partial charge is 0.399 e. The molecule has 0 bridgehead atoms. The van der Waals surface area contributed by atoms with E-state index in [1.54, 1.807) is 29.1 Å². The van der Waals surface area contributed by atoms with Gasteiger partial charge in [-0.05, 0) is 47.1 Å². The van der Waals surface area contributed by atoms with Crippen LogP contribution in [-0.4, -0.2) is 15.7 Å². The Labute approximate surface area is 113 Å². The van der Waals surface area contributed by atoms with E-state index in [-0.39, 0.29) is 12.5 Å². The number of nitrogens with zero attached hydrogens (tertiary/aromatic N) is 2. The third-order valence-electron chi connectivity index (χ3n) is 2.49. The minimum absolute atomic E-state index is 0.132. The van der Waals surface area contributed by atoms with Crippen LogP contribution in [0.5, 0.6) is 0 Å². The molecular weight excluding hydrogens is 296 g/mol. The summed E-state index contributed by atoms with van der Waals surface area (Å²) in [5.41, 5.74) is 7.91. The van der Waals surface area contributed by atoms with E-state index in [1.165, 1.54) is 0 Å². The fraction of sp³-hybridized carbons (Fsp3) is 0.167. The molecule has 2 aromatic rings. The average Bonchev–Trinajstić information content (AvgIpc) is 2.69. The Balaban J connectivity index is 2.05. The van der Waals surface area contributed by atoms with Gasteiger partial charge in [-0.2, -0.15) is 5.10 Å². The summed E-state index contributed by atoms with van der Waals surface area (Å²) >= 11 is 3.35. The zero-order valence-electron chi connectivity index (χ0n) is 9.85. The third kappa shape index (κ3) is 2.89. The van der Waals surface area contributed by atoms with Gasteiger partial charge in [0.05, 0.1) is 5.69 Å². The molecule has 2 rings (SSSR count). The minimum atomic E-state index is -0.132. The Morgan fingerprint density at radius 1 is 1.50 bits per heavy atom. The van der Waals surface area contributed by atoms with E-state index >= 15 is 0 Å². The summed E-state index contributed by atoms with van der Waals surface area (Å²) in [6, 6.07) is 7.09. The molecule has 1 amide bonds. The van der Waals surface area contributed by atoms with Crippen LogP contribution in [0, 0.1) is 6.92 Å². The summed E-state index contributed by atoms with van der Waals surface area (Å²) in [6.45, 7) is 2.09. The Morgan fingerprint density at radius 2 is 2.28 bits per heavy atom. The van der Waals surface area contributed by atoms with Crippen molar-refractivity contribution in [2.75, 3.05) is 11.1 Å². The SMILES string of the molecule is Cc1ccnn1CC(=O)Nc1ccc(N)cc1Br. The lowest BCUT2D eigenvalue weighted by Crippen LogP contribution is -2.20. The lowest BCUT2D eigenvalue weighted by atomic mass is 10.3. The monoisotopic (exact) mass is 308 g/mol. The highest BCUT2D eigenvalue weighted by Crippen LogP contribution is 2.24. The zero-order chi connectivity index (χ0) is 13.1. The molecule has 1 heterocycles. The summed E-state index contributed by atoms with van der Waals surface area (Å²) < 4.78 is 2.40. The standard InChI is InChI=1S/C12H13BrN4O/c1-8-4-5-15-17(8)7-12(18)16-11-3-2-9(14)6-10(11)13/h2-6H,7,14H2,1H3,(H,16,18). The summed E-state index contributed by atoms with van der Waals surface area (Å²) in [4.78, 5) is 11.8. The molecular formula is C12H13BrN4O. The number of halogens is 1. The molecule has 0 spiro atoms. The molecule has 0 saturated carbocycles. The number of amides is 1. The van der Waals surface area contributed by atoms with Gasteiger partial charge in [0.25, 0.3) is 0 Å². The normalized spacial score (nSPS) is 10.3. The molecule has 6 heteroatoms. The molecule has 0 unspecified atom stereocenters. The van der Waals surface area contributed by atoms with E-state index in [4.69, 9.17) is 5.73 Å². The maximum Gasteiger partial charge on any atom is 0.246 e. The Bertz CT molecular complexity index is 579. The van der Waals surface area contributed by atoms with Crippen molar-refractivity contribution in [3.8, 4) is 0 Å². The molecule has 0 aliphatic carbocycles. The Kier molecular flexibility index (Phi) is 3.66. The van der Waals surface area contributed by atoms with Crippen molar-refractivity contribution in [1.29, 1.82) is 0 Å². The fourth-order valence-electron chi connectivity index (χ4n) is 1.52. The van der Waals surface area contributed by atoms with E-state index in [1.807, 2.05) is 13.0 Å². The number of aryl methyl sites for hydroxylation is 1. The van der Waals surface area contributed by atoms with E-state index in [2.05, 4.69) is 26.3 Å². The van der Waals surface area contributed by atoms with Gasteiger partial charge < -0.3 is 11.1 Å². The summed E-state index contributed by atoms with van der Waals surface area (Å²) in [5.74, 6) is -0.132. The number of anilines is 2. The number of benzene rings is 1. The van der Waals surface area contributed by atoms with Crippen LogP contribution in [0.15, 0.2) is 34.9 Å². The van der Waals surface area contributed by atoms with Crippen molar-refractivity contribution in [3.05, 3.63) is 40.6 Å². The Hall–Kier alpha value is -1.82. The molecule has 0 radical (unpaired) electrons. The van der Waals surface area contributed by atoms with Crippen LogP contribution in [0.3, 0.4) is 0 Å². The van der Waals surface area contributed by atoms with Crippen LogP contribution in [0.2, 0.25) is 0 Å². The van der Waals surface area contributed by atoms with Crippen molar-refractivity contribution in [1.82, 2.24) is 9.78 Å². The molecule has 18 heavy (non-hydrogen) atoms. The van der Waals surface area contributed by atoms with Gasteiger partial charge in [0, 0.05) is 22.1 Å². The molecule has 0 aliphatic heterocycles. The van der Waals surface area contributed by atoms with Crippen LogP contribution in [-0.2, 0) is 11.3 Å². The van der Waals surface area contributed by atoms with Crippen LogP contribution in [0.4, 0.5) is 11.4 Å². The quantitative estimate of drug-likeness (QED) is 0.854. The smallest absolute Gasteiger partial charge is 0.246 e. The maximum atomic E-state index is 11.8. The first-order chi connectivity index (χ1) is 8.56. The number of carbonyl (C=O) groups is 1. The molecule has 0 fully saturated rings. The Morgan fingerprint density at radius 3 is 2.89 bits per heavy atom. The van der Waals surface area contributed by atoms with Crippen LogP contribution in [0.25, 0.3) is 0 Å². The van der Waals surface area contributed by atoms with E-state index in [0.29, 0.717) is 11.4 Å². The average molecular weight is 309 g/mol. The minimum Gasteiger partial charge on any atom is -0.399 e. The molecule has 3 N–H and O–H groups in total. The second kappa shape index (κ2) is 5.22. The zero-order valence-corrected chi connectivity index (χ0v) is 11.4. The molecule has 0 atom stereocenters. The molecule has 0 saturated heterocycles. The van der Waals surface area contributed by atoms with Gasteiger partial charge in [-0.25, -0.2) is 0 Å². The molecule has 1 aromatic heterocycles. The maximum absolute atomic E-state index is 11.8. The number of hydrogen-bond donors (Lipinski definition) is 2. The summed E-state index contributed by atoms with van der Waals surface area (Å²) in [5, 5.41) is 6.86. The first-order valence-corrected chi connectivity index (χ1v) is 6.19. The molecule has 94 valence electrons. The molecule has 5 nitrogen and oxygen atoms in total. The van der Waals surface area contributed by atoms with Crippen molar-refractivity contribution in [3.63, 3.8) is 0 Å². The predicted molar refractivity (Wildman–Crippen MR) is 74.1 cm³/mol. The first kappa shape index (κ1) is 12.6. The predicted octanol–water partition coefficient (Wildman–Crippen LogP) is 2.17.